The first-order chi connectivity index (χ1) is 6.88. The SMILES string of the molecule is COC(=O)C(CC(C)C)NC(=O)C(C)O. The molecule has 0 aromatic heterocycles. The van der Waals surface area contributed by atoms with Gasteiger partial charge in [-0.05, 0) is 19.3 Å². The van der Waals surface area contributed by atoms with Crippen LogP contribution in [0.15, 0.2) is 0 Å². The van der Waals surface area contributed by atoms with Gasteiger partial charge in [-0.15, -0.1) is 0 Å². The van der Waals surface area contributed by atoms with Crippen LogP contribution in [0, 0.1) is 5.92 Å². The topological polar surface area (TPSA) is 75.6 Å². The van der Waals surface area contributed by atoms with Crippen LogP contribution in [0.5, 0.6) is 0 Å². The molecule has 0 bridgehead atoms. The van der Waals surface area contributed by atoms with Crippen LogP contribution in [0.2, 0.25) is 0 Å². The van der Waals surface area contributed by atoms with Crippen molar-refractivity contribution in [2.75, 3.05) is 7.11 Å². The van der Waals surface area contributed by atoms with E-state index in [4.69, 9.17) is 5.11 Å². The normalized spacial score (nSPS) is 14.5. The number of aliphatic hydroxyl groups excluding tert-OH is 1. The Morgan fingerprint density at radius 3 is 2.20 bits per heavy atom. The third-order valence-corrected chi connectivity index (χ3v) is 1.89. The second-order valence-electron chi connectivity index (χ2n) is 3.89. The molecule has 5 heteroatoms. The lowest BCUT2D eigenvalue weighted by Crippen LogP contribution is -2.45. The molecule has 0 aliphatic heterocycles. The Balaban J connectivity index is 4.37. The molecule has 5 nitrogen and oxygen atoms in total. The van der Waals surface area contributed by atoms with E-state index in [1.54, 1.807) is 0 Å². The van der Waals surface area contributed by atoms with Gasteiger partial charge in [0.1, 0.15) is 12.1 Å². The molecule has 15 heavy (non-hydrogen) atoms. The first-order valence-electron chi connectivity index (χ1n) is 4.94. The molecule has 0 saturated carbocycles. The third kappa shape index (κ3) is 5.37. The fraction of sp³-hybridized carbons (Fsp3) is 0.800. The Morgan fingerprint density at radius 1 is 1.33 bits per heavy atom. The molecule has 0 spiro atoms. The van der Waals surface area contributed by atoms with Crippen LogP contribution in [0.25, 0.3) is 0 Å². The largest absolute Gasteiger partial charge is 0.467 e. The number of aliphatic hydroxyl groups is 1. The highest BCUT2D eigenvalue weighted by Crippen LogP contribution is 2.06. The van der Waals surface area contributed by atoms with E-state index in [9.17, 15) is 9.59 Å². The standard InChI is InChI=1S/C10H19NO4/c1-6(2)5-8(10(14)15-4)11-9(13)7(3)12/h6-8,12H,5H2,1-4H3,(H,11,13). The van der Waals surface area contributed by atoms with E-state index < -0.39 is 24.0 Å². The van der Waals surface area contributed by atoms with Crippen LogP contribution in [-0.2, 0) is 14.3 Å². The number of nitrogens with one attached hydrogen (secondary N) is 1. The van der Waals surface area contributed by atoms with Gasteiger partial charge in [0.15, 0.2) is 0 Å². The molecule has 2 N–H and O–H groups in total. The third-order valence-electron chi connectivity index (χ3n) is 1.89. The average molecular weight is 217 g/mol. The summed E-state index contributed by atoms with van der Waals surface area (Å²) in [4.78, 5) is 22.5. The highest BCUT2D eigenvalue weighted by molar-refractivity contribution is 5.86. The minimum atomic E-state index is -1.12. The van der Waals surface area contributed by atoms with Crippen molar-refractivity contribution in [3.05, 3.63) is 0 Å². The van der Waals surface area contributed by atoms with E-state index in [1.165, 1.54) is 14.0 Å². The summed E-state index contributed by atoms with van der Waals surface area (Å²) < 4.78 is 4.56. The van der Waals surface area contributed by atoms with Crippen LogP contribution >= 0.6 is 0 Å². The fourth-order valence-corrected chi connectivity index (χ4v) is 1.12. The number of ether oxygens (including phenoxy) is 1. The second-order valence-corrected chi connectivity index (χ2v) is 3.89. The molecule has 88 valence electrons. The van der Waals surface area contributed by atoms with Crippen LogP contribution < -0.4 is 5.32 Å². The maximum Gasteiger partial charge on any atom is 0.328 e. The summed E-state index contributed by atoms with van der Waals surface area (Å²) in [6, 6.07) is -0.683. The van der Waals surface area contributed by atoms with Gasteiger partial charge in [-0.3, -0.25) is 4.79 Å². The first kappa shape index (κ1) is 13.9. The molecule has 0 heterocycles. The Kier molecular flexibility index (Phi) is 5.93. The molecule has 0 radical (unpaired) electrons. The minimum Gasteiger partial charge on any atom is -0.467 e. The van der Waals surface area contributed by atoms with Crippen molar-refractivity contribution in [2.45, 2.75) is 39.3 Å². The zero-order valence-corrected chi connectivity index (χ0v) is 9.61. The minimum absolute atomic E-state index is 0.253. The van der Waals surface area contributed by atoms with Crippen LogP contribution in [0.3, 0.4) is 0 Å². The van der Waals surface area contributed by atoms with Gasteiger partial charge in [0.2, 0.25) is 5.91 Å². The molecule has 0 aliphatic rings. The van der Waals surface area contributed by atoms with Gasteiger partial charge in [-0.2, -0.15) is 0 Å². The molecule has 2 atom stereocenters. The van der Waals surface area contributed by atoms with Crippen LogP contribution in [-0.4, -0.2) is 36.2 Å². The smallest absolute Gasteiger partial charge is 0.328 e. The molecular weight excluding hydrogens is 198 g/mol. The van der Waals surface area contributed by atoms with E-state index in [-0.39, 0.29) is 5.92 Å². The van der Waals surface area contributed by atoms with E-state index in [2.05, 4.69) is 10.1 Å². The van der Waals surface area contributed by atoms with Crippen molar-refractivity contribution >= 4 is 11.9 Å². The number of esters is 1. The average Bonchev–Trinajstić information content (AvgIpc) is 2.14. The Morgan fingerprint density at radius 2 is 1.87 bits per heavy atom. The molecular formula is C10H19NO4. The van der Waals surface area contributed by atoms with E-state index >= 15 is 0 Å². The van der Waals surface area contributed by atoms with Crippen molar-refractivity contribution in [1.82, 2.24) is 5.32 Å². The summed E-state index contributed by atoms with van der Waals surface area (Å²) in [6.45, 7) is 5.22. The zero-order valence-electron chi connectivity index (χ0n) is 9.61. The molecule has 0 aliphatic carbocycles. The number of amides is 1. The van der Waals surface area contributed by atoms with Gasteiger partial charge >= 0.3 is 5.97 Å². The van der Waals surface area contributed by atoms with Gasteiger partial charge in [0, 0.05) is 0 Å². The van der Waals surface area contributed by atoms with Crippen LogP contribution in [0.4, 0.5) is 0 Å². The summed E-state index contributed by atoms with van der Waals surface area (Å²) >= 11 is 0. The predicted octanol–water partition coefficient (Wildman–Crippen LogP) is 0.0711. The molecule has 0 aromatic rings. The van der Waals surface area contributed by atoms with Gasteiger partial charge < -0.3 is 15.2 Å². The molecule has 0 fully saturated rings. The number of carbonyl (C=O) groups is 2. The summed E-state index contributed by atoms with van der Waals surface area (Å²) in [5, 5.41) is 11.4. The number of hydrogen-bond donors (Lipinski definition) is 2. The van der Waals surface area contributed by atoms with Crippen molar-refractivity contribution < 1.29 is 19.4 Å². The Labute approximate surface area is 89.8 Å². The number of rotatable bonds is 5. The predicted molar refractivity (Wildman–Crippen MR) is 55.1 cm³/mol. The summed E-state index contributed by atoms with van der Waals surface area (Å²) in [6.07, 6.45) is -0.630. The molecule has 2 unspecified atom stereocenters. The number of methoxy groups -OCH3 is 1. The van der Waals surface area contributed by atoms with Gasteiger partial charge in [-0.25, -0.2) is 4.79 Å². The quantitative estimate of drug-likeness (QED) is 0.639. The zero-order chi connectivity index (χ0) is 12.0. The second kappa shape index (κ2) is 6.40. The van der Waals surface area contributed by atoms with E-state index in [0.29, 0.717) is 6.42 Å². The molecule has 0 saturated heterocycles. The fourth-order valence-electron chi connectivity index (χ4n) is 1.12. The maximum atomic E-state index is 11.3. The maximum absolute atomic E-state index is 11.3. The van der Waals surface area contributed by atoms with E-state index in [1.807, 2.05) is 13.8 Å². The highest BCUT2D eigenvalue weighted by atomic mass is 16.5. The molecule has 1 amide bonds. The molecule has 0 aromatic carbocycles. The van der Waals surface area contributed by atoms with Crippen molar-refractivity contribution in [2.24, 2.45) is 5.92 Å². The summed E-state index contributed by atoms with van der Waals surface area (Å²) in [5.41, 5.74) is 0. The lowest BCUT2D eigenvalue weighted by molar-refractivity contribution is -0.146. The summed E-state index contributed by atoms with van der Waals surface area (Å²) in [7, 11) is 1.27. The monoisotopic (exact) mass is 217 g/mol. The van der Waals surface area contributed by atoms with Crippen LogP contribution in [0.1, 0.15) is 27.2 Å². The Bertz CT molecular complexity index is 225. The number of carbonyl (C=O) groups excluding carboxylic acids is 2. The number of hydrogen-bond acceptors (Lipinski definition) is 4. The van der Waals surface area contributed by atoms with Crippen molar-refractivity contribution in [3.63, 3.8) is 0 Å². The highest BCUT2D eigenvalue weighted by Gasteiger charge is 2.23. The lowest BCUT2D eigenvalue weighted by atomic mass is 10.0. The van der Waals surface area contributed by atoms with E-state index in [0.717, 1.165) is 0 Å². The van der Waals surface area contributed by atoms with Gasteiger partial charge in [0.05, 0.1) is 7.11 Å². The van der Waals surface area contributed by atoms with Crippen molar-refractivity contribution in [3.8, 4) is 0 Å². The first-order valence-corrected chi connectivity index (χ1v) is 4.94. The van der Waals surface area contributed by atoms with Crippen molar-refractivity contribution in [1.29, 1.82) is 0 Å². The van der Waals surface area contributed by atoms with Gasteiger partial charge in [0.25, 0.3) is 0 Å². The summed E-state index contributed by atoms with van der Waals surface area (Å²) in [5.74, 6) is -0.799. The molecule has 0 rings (SSSR count). The Hall–Kier alpha value is -1.10. The lowest BCUT2D eigenvalue weighted by Gasteiger charge is -2.18. The van der Waals surface area contributed by atoms with Gasteiger partial charge in [-0.1, -0.05) is 13.8 Å².